The average Bonchev–Trinajstić information content (AvgIpc) is 2.29. The van der Waals surface area contributed by atoms with E-state index in [0.29, 0.717) is 0 Å². The lowest BCUT2D eigenvalue weighted by Gasteiger charge is -2.25. The highest BCUT2D eigenvalue weighted by molar-refractivity contribution is 7.89. The van der Waals surface area contributed by atoms with Crippen LogP contribution >= 0.6 is 0 Å². The van der Waals surface area contributed by atoms with Crippen molar-refractivity contribution < 1.29 is 23.0 Å². The van der Waals surface area contributed by atoms with Crippen LogP contribution < -0.4 is 4.72 Å². The molecular formula is C10H14FNO4S. The van der Waals surface area contributed by atoms with Crippen LogP contribution in [0.4, 0.5) is 4.39 Å². The minimum Gasteiger partial charge on any atom is -0.394 e. The van der Waals surface area contributed by atoms with Crippen LogP contribution in [-0.4, -0.2) is 37.4 Å². The highest BCUT2D eigenvalue weighted by Gasteiger charge is 2.29. The summed E-state index contributed by atoms with van der Waals surface area (Å²) >= 11 is 0. The molecule has 3 N–H and O–H groups in total. The second-order valence-electron chi connectivity index (χ2n) is 3.94. The Balaban J connectivity index is 3.00. The molecule has 5 nitrogen and oxygen atoms in total. The van der Waals surface area contributed by atoms with Gasteiger partial charge in [0.1, 0.15) is 5.82 Å². The van der Waals surface area contributed by atoms with Crippen LogP contribution in [-0.2, 0) is 10.0 Å². The highest BCUT2D eigenvalue weighted by Crippen LogP contribution is 2.13. The number of halogens is 1. The van der Waals surface area contributed by atoms with E-state index in [0.717, 1.165) is 24.3 Å². The van der Waals surface area contributed by atoms with Crippen LogP contribution in [0.15, 0.2) is 29.2 Å². The Labute approximate surface area is 99.0 Å². The highest BCUT2D eigenvalue weighted by atomic mass is 32.2. The van der Waals surface area contributed by atoms with Gasteiger partial charge in [0.15, 0.2) is 0 Å². The molecule has 0 atom stereocenters. The van der Waals surface area contributed by atoms with Gasteiger partial charge in [-0.15, -0.1) is 0 Å². The molecule has 0 aliphatic rings. The van der Waals surface area contributed by atoms with Gasteiger partial charge in [0, 0.05) is 0 Å². The first-order valence-corrected chi connectivity index (χ1v) is 6.32. The molecule has 1 aromatic rings. The monoisotopic (exact) mass is 263 g/mol. The smallest absolute Gasteiger partial charge is 0.241 e. The van der Waals surface area contributed by atoms with Gasteiger partial charge in [0.2, 0.25) is 10.0 Å². The van der Waals surface area contributed by atoms with Crippen molar-refractivity contribution in [3.63, 3.8) is 0 Å². The van der Waals surface area contributed by atoms with Crippen LogP contribution in [0.2, 0.25) is 0 Å². The van der Waals surface area contributed by atoms with Crippen molar-refractivity contribution in [3.8, 4) is 0 Å². The van der Waals surface area contributed by atoms with Gasteiger partial charge in [0.05, 0.1) is 23.6 Å². The van der Waals surface area contributed by atoms with E-state index in [4.69, 9.17) is 10.2 Å². The first-order valence-electron chi connectivity index (χ1n) is 4.84. The lowest BCUT2D eigenvalue weighted by atomic mass is 10.1. The third-order valence-electron chi connectivity index (χ3n) is 2.20. The molecule has 0 radical (unpaired) electrons. The first kappa shape index (κ1) is 14.0. The van der Waals surface area contributed by atoms with E-state index >= 15 is 0 Å². The van der Waals surface area contributed by atoms with Crippen molar-refractivity contribution in [2.24, 2.45) is 0 Å². The van der Waals surface area contributed by atoms with Crippen LogP contribution in [0.25, 0.3) is 0 Å². The largest absolute Gasteiger partial charge is 0.394 e. The zero-order valence-corrected chi connectivity index (χ0v) is 10.0. The lowest BCUT2D eigenvalue weighted by molar-refractivity contribution is 0.122. The molecule has 0 aliphatic carbocycles. The van der Waals surface area contributed by atoms with Crippen LogP contribution in [0, 0.1) is 5.82 Å². The Morgan fingerprint density at radius 1 is 1.24 bits per heavy atom. The zero-order valence-electron chi connectivity index (χ0n) is 9.22. The van der Waals surface area contributed by atoms with E-state index in [1.54, 1.807) is 0 Å². The molecule has 0 saturated heterocycles. The molecule has 0 aromatic heterocycles. The van der Waals surface area contributed by atoms with Crippen molar-refractivity contribution >= 4 is 10.0 Å². The molecule has 0 saturated carbocycles. The van der Waals surface area contributed by atoms with Crippen molar-refractivity contribution in [2.75, 3.05) is 13.2 Å². The first-order chi connectivity index (χ1) is 7.83. The molecule has 0 bridgehead atoms. The minimum atomic E-state index is -3.90. The van der Waals surface area contributed by atoms with Gasteiger partial charge in [-0.1, -0.05) is 0 Å². The van der Waals surface area contributed by atoms with Crippen LogP contribution in [0.5, 0.6) is 0 Å². The maximum atomic E-state index is 12.6. The van der Waals surface area contributed by atoms with Gasteiger partial charge < -0.3 is 10.2 Å². The Kier molecular flexibility index (Phi) is 4.21. The maximum absolute atomic E-state index is 12.6. The molecule has 17 heavy (non-hydrogen) atoms. The fourth-order valence-corrected chi connectivity index (χ4v) is 2.50. The molecule has 1 rings (SSSR count). The summed E-state index contributed by atoms with van der Waals surface area (Å²) < 4.78 is 38.4. The van der Waals surface area contributed by atoms with Gasteiger partial charge in [-0.3, -0.25) is 0 Å². The molecular weight excluding hydrogens is 249 g/mol. The van der Waals surface area contributed by atoms with Crippen molar-refractivity contribution in [3.05, 3.63) is 30.1 Å². The fraction of sp³-hybridized carbons (Fsp3) is 0.400. The van der Waals surface area contributed by atoms with Gasteiger partial charge in [-0.05, 0) is 31.2 Å². The summed E-state index contributed by atoms with van der Waals surface area (Å²) in [6, 6.07) is 4.24. The standard InChI is InChI=1S/C10H14FNO4S/c1-10(6-13,7-14)12-17(15,16)9-4-2-8(11)3-5-9/h2-5,12-14H,6-7H2,1H3. The number of benzene rings is 1. The molecule has 0 amide bonds. The number of aliphatic hydroxyl groups is 2. The Bertz CT molecular complexity index is 468. The van der Waals surface area contributed by atoms with E-state index in [2.05, 4.69) is 4.72 Å². The number of sulfonamides is 1. The summed E-state index contributed by atoms with van der Waals surface area (Å²) in [5.74, 6) is -0.545. The third kappa shape index (κ3) is 3.47. The summed E-state index contributed by atoms with van der Waals surface area (Å²) in [6.07, 6.45) is 0. The topological polar surface area (TPSA) is 86.6 Å². The number of hydrogen-bond donors (Lipinski definition) is 3. The summed E-state index contributed by atoms with van der Waals surface area (Å²) in [7, 11) is -3.90. The number of nitrogens with one attached hydrogen (secondary N) is 1. The molecule has 1 aromatic carbocycles. The summed E-state index contributed by atoms with van der Waals surface area (Å²) in [6.45, 7) is 0.252. The summed E-state index contributed by atoms with van der Waals surface area (Å²) in [4.78, 5) is -0.132. The predicted molar refractivity (Wildman–Crippen MR) is 59.3 cm³/mol. The summed E-state index contributed by atoms with van der Waals surface area (Å²) in [5.41, 5.74) is -1.35. The van der Waals surface area contributed by atoms with E-state index in [1.165, 1.54) is 6.92 Å². The number of hydrogen-bond acceptors (Lipinski definition) is 4. The zero-order chi connectivity index (χ0) is 13.1. The molecule has 0 unspecified atom stereocenters. The molecule has 96 valence electrons. The van der Waals surface area contributed by atoms with Crippen molar-refractivity contribution in [1.82, 2.24) is 4.72 Å². The minimum absolute atomic E-state index is 0.132. The summed E-state index contributed by atoms with van der Waals surface area (Å²) in [5, 5.41) is 18.0. The lowest BCUT2D eigenvalue weighted by Crippen LogP contribution is -2.51. The second-order valence-corrected chi connectivity index (χ2v) is 5.62. The third-order valence-corrected chi connectivity index (χ3v) is 3.86. The second kappa shape index (κ2) is 5.09. The quantitative estimate of drug-likeness (QED) is 0.689. The molecule has 0 spiro atoms. The number of rotatable bonds is 5. The predicted octanol–water partition coefficient (Wildman–Crippen LogP) is -0.153. The Hall–Kier alpha value is -1.02. The van der Waals surface area contributed by atoms with Gasteiger partial charge >= 0.3 is 0 Å². The fourth-order valence-electron chi connectivity index (χ4n) is 1.11. The Morgan fingerprint density at radius 3 is 2.12 bits per heavy atom. The van der Waals surface area contributed by atoms with Gasteiger partial charge in [0.25, 0.3) is 0 Å². The van der Waals surface area contributed by atoms with E-state index in [-0.39, 0.29) is 4.90 Å². The maximum Gasteiger partial charge on any atom is 0.241 e. The molecule has 0 aliphatic heterocycles. The van der Waals surface area contributed by atoms with E-state index in [1.807, 2.05) is 0 Å². The molecule has 0 heterocycles. The molecule has 7 heteroatoms. The average molecular weight is 263 g/mol. The van der Waals surface area contributed by atoms with Crippen molar-refractivity contribution in [2.45, 2.75) is 17.4 Å². The normalized spacial score (nSPS) is 12.7. The van der Waals surface area contributed by atoms with Gasteiger partial charge in [-0.25, -0.2) is 17.5 Å². The van der Waals surface area contributed by atoms with E-state index in [9.17, 15) is 12.8 Å². The van der Waals surface area contributed by atoms with Crippen LogP contribution in [0.3, 0.4) is 0 Å². The number of aliphatic hydroxyl groups excluding tert-OH is 2. The van der Waals surface area contributed by atoms with Crippen molar-refractivity contribution in [1.29, 1.82) is 0 Å². The SMILES string of the molecule is CC(CO)(CO)NS(=O)(=O)c1ccc(F)cc1. The Morgan fingerprint density at radius 2 is 1.71 bits per heavy atom. The molecule has 0 fully saturated rings. The van der Waals surface area contributed by atoms with Crippen LogP contribution in [0.1, 0.15) is 6.92 Å². The van der Waals surface area contributed by atoms with E-state index < -0.39 is 34.6 Å². The van der Waals surface area contributed by atoms with Gasteiger partial charge in [-0.2, -0.15) is 0 Å².